The van der Waals surface area contributed by atoms with E-state index in [1.54, 1.807) is 0 Å². The number of unbranched alkanes of at least 4 members (excludes halogenated alkanes) is 3. The van der Waals surface area contributed by atoms with E-state index in [4.69, 9.17) is 14.2 Å². The fraction of sp³-hybridized carbons (Fsp3) is 0.586. The molecule has 0 saturated heterocycles. The molecule has 0 aromatic heterocycles. The highest BCUT2D eigenvalue weighted by Crippen LogP contribution is 2.40. The SMILES string of the molecule is CCCCCCOc1ccc(C2C(C(=O)OC(C)(C)C)=C(C)NC(C)=C2C(=O)OC(C)(C)C)cc1. The lowest BCUT2D eigenvalue weighted by atomic mass is 9.80. The van der Waals surface area contributed by atoms with E-state index in [1.165, 1.54) is 12.8 Å². The number of rotatable bonds is 9. The third kappa shape index (κ3) is 8.44. The molecule has 1 aliphatic heterocycles. The van der Waals surface area contributed by atoms with E-state index in [2.05, 4.69) is 12.2 Å². The van der Waals surface area contributed by atoms with E-state index in [9.17, 15) is 9.59 Å². The normalized spacial score (nSPS) is 15.1. The lowest BCUT2D eigenvalue weighted by molar-refractivity contribution is -0.150. The van der Waals surface area contributed by atoms with Crippen molar-refractivity contribution in [2.75, 3.05) is 6.61 Å². The lowest BCUT2D eigenvalue weighted by Crippen LogP contribution is -2.36. The van der Waals surface area contributed by atoms with Gasteiger partial charge in [0.15, 0.2) is 0 Å². The number of carbonyl (C=O) groups is 2. The lowest BCUT2D eigenvalue weighted by Gasteiger charge is -2.33. The molecule has 1 heterocycles. The van der Waals surface area contributed by atoms with E-state index in [0.717, 1.165) is 24.2 Å². The molecule has 0 saturated carbocycles. The first-order chi connectivity index (χ1) is 16.2. The summed E-state index contributed by atoms with van der Waals surface area (Å²) in [4.78, 5) is 26.7. The van der Waals surface area contributed by atoms with Crippen LogP contribution in [-0.2, 0) is 19.1 Å². The Labute approximate surface area is 211 Å². The highest BCUT2D eigenvalue weighted by Gasteiger charge is 2.39. The van der Waals surface area contributed by atoms with Crippen molar-refractivity contribution in [2.24, 2.45) is 0 Å². The molecule has 0 spiro atoms. The Kier molecular flexibility index (Phi) is 9.59. The minimum Gasteiger partial charge on any atom is -0.494 e. The summed E-state index contributed by atoms with van der Waals surface area (Å²) < 4.78 is 17.4. The molecule has 6 nitrogen and oxygen atoms in total. The molecule has 2 rings (SSSR count). The van der Waals surface area contributed by atoms with Crippen LogP contribution in [0.4, 0.5) is 0 Å². The number of carbonyl (C=O) groups excluding carboxylic acids is 2. The quantitative estimate of drug-likeness (QED) is 0.315. The predicted molar refractivity (Wildman–Crippen MR) is 139 cm³/mol. The molecule has 0 atom stereocenters. The number of nitrogens with one attached hydrogen (secondary N) is 1. The molecule has 35 heavy (non-hydrogen) atoms. The number of hydrogen-bond donors (Lipinski definition) is 1. The highest BCUT2D eigenvalue weighted by molar-refractivity contribution is 6.00. The predicted octanol–water partition coefficient (Wildman–Crippen LogP) is 6.56. The van der Waals surface area contributed by atoms with Gasteiger partial charge in [0.25, 0.3) is 0 Å². The monoisotopic (exact) mass is 485 g/mol. The maximum atomic E-state index is 13.3. The molecule has 1 N–H and O–H groups in total. The second-order valence-electron chi connectivity index (χ2n) is 11.1. The minimum absolute atomic E-state index is 0.402. The molecule has 0 radical (unpaired) electrons. The summed E-state index contributed by atoms with van der Waals surface area (Å²) in [5, 5.41) is 3.20. The summed E-state index contributed by atoms with van der Waals surface area (Å²) in [5.74, 6) is -0.785. The molecule has 0 amide bonds. The van der Waals surface area contributed by atoms with Gasteiger partial charge in [-0.3, -0.25) is 0 Å². The summed E-state index contributed by atoms with van der Waals surface area (Å²) >= 11 is 0. The van der Waals surface area contributed by atoms with Crippen molar-refractivity contribution < 1.29 is 23.8 Å². The zero-order valence-corrected chi connectivity index (χ0v) is 23.0. The van der Waals surface area contributed by atoms with Crippen LogP contribution in [0, 0.1) is 0 Å². The van der Waals surface area contributed by atoms with Gasteiger partial charge in [0.2, 0.25) is 0 Å². The largest absolute Gasteiger partial charge is 0.494 e. The first-order valence-corrected chi connectivity index (χ1v) is 12.6. The summed E-state index contributed by atoms with van der Waals surface area (Å²) in [7, 11) is 0. The van der Waals surface area contributed by atoms with E-state index in [0.29, 0.717) is 29.1 Å². The third-order valence-electron chi connectivity index (χ3n) is 5.48. The van der Waals surface area contributed by atoms with E-state index in [1.807, 2.05) is 79.7 Å². The van der Waals surface area contributed by atoms with Gasteiger partial charge in [0.05, 0.1) is 23.7 Å². The number of allylic oxidation sites excluding steroid dienone is 2. The Balaban J connectivity index is 2.44. The van der Waals surface area contributed by atoms with Crippen LogP contribution >= 0.6 is 0 Å². The number of esters is 2. The molecule has 1 aromatic carbocycles. The molecular weight excluding hydrogens is 442 g/mol. The molecule has 0 bridgehead atoms. The van der Waals surface area contributed by atoms with Gasteiger partial charge in [0, 0.05) is 11.4 Å². The Morgan fingerprint density at radius 1 is 0.800 bits per heavy atom. The number of ether oxygens (including phenoxy) is 3. The Bertz CT molecular complexity index is 908. The summed E-state index contributed by atoms with van der Waals surface area (Å²) in [6.45, 7) is 17.5. The maximum Gasteiger partial charge on any atom is 0.337 e. The van der Waals surface area contributed by atoms with Crippen LogP contribution < -0.4 is 10.1 Å². The fourth-order valence-corrected chi connectivity index (χ4v) is 4.01. The van der Waals surface area contributed by atoms with Gasteiger partial charge < -0.3 is 19.5 Å². The Morgan fingerprint density at radius 2 is 1.29 bits per heavy atom. The van der Waals surface area contributed by atoms with Gasteiger partial charge in [-0.25, -0.2) is 9.59 Å². The van der Waals surface area contributed by atoms with E-state index < -0.39 is 29.1 Å². The summed E-state index contributed by atoms with van der Waals surface area (Å²) in [5.41, 5.74) is 1.57. The van der Waals surface area contributed by atoms with E-state index >= 15 is 0 Å². The van der Waals surface area contributed by atoms with Crippen molar-refractivity contribution in [3.63, 3.8) is 0 Å². The van der Waals surface area contributed by atoms with Gasteiger partial charge >= 0.3 is 11.9 Å². The van der Waals surface area contributed by atoms with Crippen molar-refractivity contribution >= 4 is 11.9 Å². The van der Waals surface area contributed by atoms with Crippen LogP contribution in [0.2, 0.25) is 0 Å². The Hall–Kier alpha value is -2.76. The van der Waals surface area contributed by atoms with Crippen molar-refractivity contribution in [3.8, 4) is 5.75 Å². The molecule has 0 aliphatic carbocycles. The van der Waals surface area contributed by atoms with Crippen molar-refractivity contribution in [1.29, 1.82) is 0 Å². The number of hydrogen-bond acceptors (Lipinski definition) is 6. The zero-order chi connectivity index (χ0) is 26.4. The van der Waals surface area contributed by atoms with Crippen LogP contribution in [0.15, 0.2) is 46.8 Å². The molecule has 1 aliphatic rings. The van der Waals surface area contributed by atoms with Crippen LogP contribution in [0.3, 0.4) is 0 Å². The highest BCUT2D eigenvalue weighted by atomic mass is 16.6. The molecule has 1 aromatic rings. The van der Waals surface area contributed by atoms with Crippen LogP contribution in [0.25, 0.3) is 0 Å². The second-order valence-corrected chi connectivity index (χ2v) is 11.1. The molecule has 0 fully saturated rings. The fourth-order valence-electron chi connectivity index (χ4n) is 4.01. The molecule has 194 valence electrons. The molecule has 6 heteroatoms. The number of benzene rings is 1. The topological polar surface area (TPSA) is 73.9 Å². The van der Waals surface area contributed by atoms with Crippen molar-refractivity contribution in [2.45, 2.75) is 105 Å². The number of dihydropyridines is 1. The summed E-state index contributed by atoms with van der Waals surface area (Å²) in [6.07, 6.45) is 4.55. The Morgan fingerprint density at radius 3 is 1.71 bits per heavy atom. The average Bonchev–Trinajstić information content (AvgIpc) is 2.70. The smallest absolute Gasteiger partial charge is 0.337 e. The van der Waals surface area contributed by atoms with Gasteiger partial charge in [-0.15, -0.1) is 0 Å². The minimum atomic E-state index is -0.674. The van der Waals surface area contributed by atoms with Gasteiger partial charge in [0.1, 0.15) is 17.0 Å². The summed E-state index contributed by atoms with van der Waals surface area (Å²) in [6, 6.07) is 7.60. The molecule has 0 unspecified atom stereocenters. The van der Waals surface area contributed by atoms with Crippen LogP contribution in [0.1, 0.15) is 99.5 Å². The van der Waals surface area contributed by atoms with Crippen molar-refractivity contribution in [3.05, 3.63) is 52.4 Å². The van der Waals surface area contributed by atoms with E-state index in [-0.39, 0.29) is 0 Å². The average molecular weight is 486 g/mol. The second kappa shape index (κ2) is 11.8. The van der Waals surface area contributed by atoms with Crippen LogP contribution in [-0.4, -0.2) is 29.7 Å². The van der Waals surface area contributed by atoms with Gasteiger partial charge in [-0.05, 0) is 79.5 Å². The van der Waals surface area contributed by atoms with Gasteiger partial charge in [-0.2, -0.15) is 0 Å². The first-order valence-electron chi connectivity index (χ1n) is 12.6. The van der Waals surface area contributed by atoms with Crippen molar-refractivity contribution in [1.82, 2.24) is 5.32 Å². The third-order valence-corrected chi connectivity index (χ3v) is 5.48. The molecular formula is C29H43NO5. The first kappa shape index (κ1) is 28.5. The zero-order valence-electron chi connectivity index (χ0n) is 23.0. The maximum absolute atomic E-state index is 13.3. The van der Waals surface area contributed by atoms with Gasteiger partial charge in [-0.1, -0.05) is 38.3 Å². The van der Waals surface area contributed by atoms with Crippen LogP contribution in [0.5, 0.6) is 5.75 Å². The standard InChI is InChI=1S/C29H43NO5/c1-10-11-12-13-18-33-22-16-14-21(15-17-22)25-23(26(31)34-28(4,5)6)19(2)30-20(3)24(25)27(32)35-29(7,8)9/h14-17,25,30H,10-13,18H2,1-9H3.